The molecule has 0 aromatic carbocycles. The van der Waals surface area contributed by atoms with E-state index in [1.807, 2.05) is 20.8 Å². The molecule has 1 aliphatic heterocycles. The van der Waals surface area contributed by atoms with Gasteiger partial charge >= 0.3 is 0 Å². The van der Waals surface area contributed by atoms with Gasteiger partial charge in [-0.15, -0.1) is 0 Å². The second-order valence-electron chi connectivity index (χ2n) is 5.38. The van der Waals surface area contributed by atoms with Crippen LogP contribution in [0, 0.1) is 5.92 Å². The summed E-state index contributed by atoms with van der Waals surface area (Å²) in [6.45, 7) is 8.54. The molecular weight excluding hydrogens is 258 g/mol. The van der Waals surface area contributed by atoms with Gasteiger partial charge in [-0.3, -0.25) is 9.59 Å². The third-order valence-corrected chi connectivity index (χ3v) is 3.56. The van der Waals surface area contributed by atoms with Gasteiger partial charge in [0.1, 0.15) is 24.2 Å². The lowest BCUT2D eigenvalue weighted by Gasteiger charge is -2.39. The Morgan fingerprint density at radius 2 is 2.10 bits per heavy atom. The van der Waals surface area contributed by atoms with Crippen LogP contribution in [0.4, 0.5) is 0 Å². The molecular formula is C13H21N5O2. The number of aryl methyl sites for hydroxylation is 1. The van der Waals surface area contributed by atoms with Gasteiger partial charge in [0.15, 0.2) is 0 Å². The summed E-state index contributed by atoms with van der Waals surface area (Å²) in [5, 5.41) is 6.83. The van der Waals surface area contributed by atoms with E-state index < -0.39 is 12.1 Å². The zero-order valence-electron chi connectivity index (χ0n) is 12.3. The fourth-order valence-electron chi connectivity index (χ4n) is 2.55. The van der Waals surface area contributed by atoms with Gasteiger partial charge in [0.25, 0.3) is 0 Å². The first-order valence-corrected chi connectivity index (χ1v) is 6.93. The topological polar surface area (TPSA) is 80.1 Å². The SMILES string of the molecule is CCn1ncnc1CN1C(=O)C(C)NC(=O)C1C(C)C. The van der Waals surface area contributed by atoms with Crippen LogP contribution in [0.3, 0.4) is 0 Å². The van der Waals surface area contributed by atoms with Gasteiger partial charge < -0.3 is 10.2 Å². The van der Waals surface area contributed by atoms with Crippen LogP contribution in [0.1, 0.15) is 33.5 Å². The number of nitrogens with zero attached hydrogens (tertiary/aromatic N) is 4. The Hall–Kier alpha value is -1.92. The van der Waals surface area contributed by atoms with E-state index in [9.17, 15) is 9.59 Å². The van der Waals surface area contributed by atoms with Gasteiger partial charge in [0.2, 0.25) is 11.8 Å². The van der Waals surface area contributed by atoms with Gasteiger partial charge in [0, 0.05) is 6.54 Å². The molecule has 2 unspecified atom stereocenters. The van der Waals surface area contributed by atoms with Crippen molar-refractivity contribution in [2.75, 3.05) is 0 Å². The number of nitrogens with one attached hydrogen (secondary N) is 1. The van der Waals surface area contributed by atoms with Crippen LogP contribution < -0.4 is 5.32 Å². The predicted octanol–water partition coefficient (Wildman–Crippen LogP) is 0.170. The second-order valence-corrected chi connectivity index (χ2v) is 5.38. The zero-order valence-corrected chi connectivity index (χ0v) is 12.3. The van der Waals surface area contributed by atoms with Crippen LogP contribution in [0.2, 0.25) is 0 Å². The molecule has 1 aromatic rings. The lowest BCUT2D eigenvalue weighted by molar-refractivity contribution is -0.151. The molecule has 1 saturated heterocycles. The molecule has 2 rings (SSSR count). The Bertz CT molecular complexity index is 511. The molecule has 0 saturated carbocycles. The fraction of sp³-hybridized carbons (Fsp3) is 0.692. The van der Waals surface area contributed by atoms with Crippen molar-refractivity contribution >= 4 is 11.8 Å². The number of hydrogen-bond donors (Lipinski definition) is 1. The third-order valence-electron chi connectivity index (χ3n) is 3.56. The van der Waals surface area contributed by atoms with Crippen molar-refractivity contribution in [1.29, 1.82) is 0 Å². The van der Waals surface area contributed by atoms with Gasteiger partial charge in [-0.2, -0.15) is 5.10 Å². The standard InChI is InChI=1S/C13H21N5O2/c1-5-18-10(14-7-15-18)6-17-11(8(2)3)12(19)16-9(4)13(17)20/h7-9,11H,5-6H2,1-4H3,(H,16,19). The van der Waals surface area contributed by atoms with Crippen molar-refractivity contribution in [3.05, 3.63) is 12.2 Å². The normalized spacial score (nSPS) is 23.4. The summed E-state index contributed by atoms with van der Waals surface area (Å²) >= 11 is 0. The number of hydrogen-bond acceptors (Lipinski definition) is 4. The largest absolute Gasteiger partial charge is 0.343 e. The van der Waals surface area contributed by atoms with Crippen LogP contribution in [0.5, 0.6) is 0 Å². The minimum Gasteiger partial charge on any atom is -0.343 e. The second kappa shape index (κ2) is 5.60. The number of amides is 2. The summed E-state index contributed by atoms with van der Waals surface area (Å²) < 4.78 is 1.74. The highest BCUT2D eigenvalue weighted by atomic mass is 16.2. The number of piperazine rings is 1. The summed E-state index contributed by atoms with van der Waals surface area (Å²) in [5.41, 5.74) is 0. The van der Waals surface area contributed by atoms with Gasteiger partial charge in [-0.1, -0.05) is 13.8 Å². The number of aromatic nitrogens is 3. The monoisotopic (exact) mass is 279 g/mol. The van der Waals surface area contributed by atoms with Crippen LogP contribution in [0.25, 0.3) is 0 Å². The maximum atomic E-state index is 12.4. The van der Waals surface area contributed by atoms with E-state index in [0.29, 0.717) is 18.9 Å². The summed E-state index contributed by atoms with van der Waals surface area (Å²) in [6, 6.07) is -0.948. The molecule has 20 heavy (non-hydrogen) atoms. The van der Waals surface area contributed by atoms with Crippen molar-refractivity contribution in [3.8, 4) is 0 Å². The van der Waals surface area contributed by atoms with E-state index >= 15 is 0 Å². The Morgan fingerprint density at radius 1 is 1.40 bits per heavy atom. The van der Waals surface area contributed by atoms with Crippen LogP contribution in [-0.4, -0.2) is 43.6 Å². The van der Waals surface area contributed by atoms with Crippen molar-refractivity contribution in [3.63, 3.8) is 0 Å². The summed E-state index contributed by atoms with van der Waals surface area (Å²) in [6.07, 6.45) is 1.47. The smallest absolute Gasteiger partial charge is 0.245 e. The first-order chi connectivity index (χ1) is 9.45. The predicted molar refractivity (Wildman–Crippen MR) is 72.5 cm³/mol. The Morgan fingerprint density at radius 3 is 2.70 bits per heavy atom. The maximum Gasteiger partial charge on any atom is 0.245 e. The molecule has 0 spiro atoms. The summed E-state index contributed by atoms with van der Waals surface area (Å²) in [5.74, 6) is 0.571. The molecule has 2 heterocycles. The van der Waals surface area contributed by atoms with Crippen molar-refractivity contribution in [1.82, 2.24) is 25.0 Å². The molecule has 1 fully saturated rings. The van der Waals surface area contributed by atoms with E-state index in [-0.39, 0.29) is 17.7 Å². The molecule has 7 nitrogen and oxygen atoms in total. The minimum atomic E-state index is -0.490. The number of carbonyl (C=O) groups is 2. The third kappa shape index (κ3) is 2.52. The van der Waals surface area contributed by atoms with E-state index in [2.05, 4.69) is 15.4 Å². The lowest BCUT2D eigenvalue weighted by atomic mass is 9.97. The van der Waals surface area contributed by atoms with Gasteiger partial charge in [0.05, 0.1) is 6.54 Å². The number of carbonyl (C=O) groups excluding carboxylic acids is 2. The highest BCUT2D eigenvalue weighted by Crippen LogP contribution is 2.19. The summed E-state index contributed by atoms with van der Waals surface area (Å²) in [4.78, 5) is 30.3. The minimum absolute atomic E-state index is 0.0458. The molecule has 2 atom stereocenters. The van der Waals surface area contributed by atoms with E-state index in [1.165, 1.54) is 6.33 Å². The van der Waals surface area contributed by atoms with E-state index in [0.717, 1.165) is 0 Å². The quantitative estimate of drug-likeness (QED) is 0.852. The first kappa shape index (κ1) is 14.5. The van der Waals surface area contributed by atoms with Crippen LogP contribution >= 0.6 is 0 Å². The molecule has 110 valence electrons. The molecule has 0 bridgehead atoms. The molecule has 0 aliphatic carbocycles. The highest BCUT2D eigenvalue weighted by Gasteiger charge is 2.40. The van der Waals surface area contributed by atoms with Gasteiger partial charge in [-0.05, 0) is 19.8 Å². The van der Waals surface area contributed by atoms with Crippen molar-refractivity contribution in [2.45, 2.75) is 52.9 Å². The van der Waals surface area contributed by atoms with E-state index in [1.54, 1.807) is 16.5 Å². The van der Waals surface area contributed by atoms with Crippen molar-refractivity contribution in [2.24, 2.45) is 5.92 Å². The molecule has 2 amide bonds. The Labute approximate surface area is 118 Å². The average Bonchev–Trinajstić information content (AvgIpc) is 2.82. The Balaban J connectivity index is 2.29. The molecule has 1 aliphatic rings. The first-order valence-electron chi connectivity index (χ1n) is 6.93. The lowest BCUT2D eigenvalue weighted by Crippen LogP contribution is -2.63. The molecule has 0 radical (unpaired) electrons. The molecule has 1 N–H and O–H groups in total. The van der Waals surface area contributed by atoms with Gasteiger partial charge in [-0.25, -0.2) is 9.67 Å². The molecule has 7 heteroatoms. The summed E-state index contributed by atoms with van der Waals surface area (Å²) in [7, 11) is 0. The van der Waals surface area contributed by atoms with Crippen LogP contribution in [0.15, 0.2) is 6.33 Å². The van der Waals surface area contributed by atoms with E-state index in [4.69, 9.17) is 0 Å². The molecule has 1 aromatic heterocycles. The van der Waals surface area contributed by atoms with Crippen molar-refractivity contribution < 1.29 is 9.59 Å². The fourth-order valence-corrected chi connectivity index (χ4v) is 2.55. The zero-order chi connectivity index (χ0) is 14.9. The van der Waals surface area contributed by atoms with Crippen LogP contribution in [-0.2, 0) is 22.7 Å². The number of rotatable bonds is 4. The average molecular weight is 279 g/mol. The highest BCUT2D eigenvalue weighted by molar-refractivity contribution is 5.96. The maximum absolute atomic E-state index is 12.4. The Kier molecular flexibility index (Phi) is 4.06.